The molecule has 0 radical (unpaired) electrons. The molecule has 1 aliphatic heterocycles. The minimum atomic E-state index is -0.931. The van der Waals surface area contributed by atoms with E-state index >= 15 is 0 Å². The number of benzene rings is 1. The Morgan fingerprint density at radius 2 is 2.26 bits per heavy atom. The van der Waals surface area contributed by atoms with Crippen molar-refractivity contribution < 1.29 is 19.1 Å². The first kappa shape index (κ1) is 17.1. The number of aliphatic carboxylic acids is 1. The maximum atomic E-state index is 13.3. The Balaban J connectivity index is 1.88. The first-order chi connectivity index (χ1) is 11.0. The van der Waals surface area contributed by atoms with E-state index in [4.69, 9.17) is 5.11 Å². The zero-order valence-electron chi connectivity index (χ0n) is 13.2. The molecule has 1 aromatic carbocycles. The zero-order chi connectivity index (χ0) is 16.8. The number of halogens is 1. The molecular formula is C16H22FN3O3. The fourth-order valence-electron chi connectivity index (χ4n) is 2.65. The van der Waals surface area contributed by atoms with Crippen LogP contribution in [0, 0.1) is 5.82 Å². The minimum Gasteiger partial charge on any atom is -0.481 e. The van der Waals surface area contributed by atoms with Crippen LogP contribution in [0.1, 0.15) is 19.3 Å². The van der Waals surface area contributed by atoms with E-state index in [1.54, 1.807) is 13.1 Å². The van der Waals surface area contributed by atoms with Crippen molar-refractivity contribution in [3.05, 3.63) is 30.1 Å². The van der Waals surface area contributed by atoms with E-state index in [0.29, 0.717) is 6.54 Å². The molecule has 0 aromatic heterocycles. The monoisotopic (exact) mass is 323 g/mol. The third-order valence-electron chi connectivity index (χ3n) is 3.93. The van der Waals surface area contributed by atoms with E-state index in [1.807, 2.05) is 6.07 Å². The number of carboxylic acid groups (broad SMARTS) is 1. The van der Waals surface area contributed by atoms with Gasteiger partial charge < -0.3 is 20.2 Å². The summed E-state index contributed by atoms with van der Waals surface area (Å²) < 4.78 is 13.3. The number of piperidine rings is 1. The van der Waals surface area contributed by atoms with Crippen LogP contribution in [0.4, 0.5) is 14.9 Å². The van der Waals surface area contributed by atoms with Crippen molar-refractivity contribution in [3.8, 4) is 0 Å². The molecule has 7 heteroatoms. The van der Waals surface area contributed by atoms with Crippen LogP contribution in [0.15, 0.2) is 24.3 Å². The van der Waals surface area contributed by atoms with Crippen molar-refractivity contribution in [2.45, 2.75) is 25.3 Å². The van der Waals surface area contributed by atoms with Gasteiger partial charge in [0, 0.05) is 38.4 Å². The van der Waals surface area contributed by atoms with Crippen LogP contribution in [0.2, 0.25) is 0 Å². The lowest BCUT2D eigenvalue weighted by Crippen LogP contribution is -2.51. The number of carbonyl (C=O) groups is 2. The smallest absolute Gasteiger partial charge is 0.317 e. The molecule has 1 fully saturated rings. The molecule has 0 bridgehead atoms. The highest BCUT2D eigenvalue weighted by molar-refractivity contribution is 5.75. The molecule has 0 saturated carbocycles. The van der Waals surface area contributed by atoms with Gasteiger partial charge in [0.1, 0.15) is 5.82 Å². The molecule has 6 nitrogen and oxygen atoms in total. The van der Waals surface area contributed by atoms with Gasteiger partial charge >= 0.3 is 12.0 Å². The molecule has 1 heterocycles. The van der Waals surface area contributed by atoms with E-state index in [-0.39, 0.29) is 30.9 Å². The summed E-state index contributed by atoms with van der Waals surface area (Å²) in [7, 11) is 1.57. The summed E-state index contributed by atoms with van der Waals surface area (Å²) in [6.07, 6.45) is 1.68. The van der Waals surface area contributed by atoms with Crippen LogP contribution in [0.5, 0.6) is 0 Å². The first-order valence-electron chi connectivity index (χ1n) is 7.69. The van der Waals surface area contributed by atoms with E-state index < -0.39 is 5.97 Å². The second-order valence-corrected chi connectivity index (χ2v) is 5.78. The molecule has 2 amide bonds. The lowest BCUT2D eigenvalue weighted by atomic mass is 10.0. The number of urea groups is 1. The van der Waals surface area contributed by atoms with Crippen molar-refractivity contribution in [2.75, 3.05) is 31.6 Å². The molecule has 1 atom stereocenters. The number of nitrogens with one attached hydrogen (secondary N) is 1. The molecule has 126 valence electrons. The van der Waals surface area contributed by atoms with Crippen molar-refractivity contribution in [3.63, 3.8) is 0 Å². The van der Waals surface area contributed by atoms with Gasteiger partial charge in [0.05, 0.1) is 6.42 Å². The Morgan fingerprint density at radius 3 is 2.96 bits per heavy atom. The van der Waals surface area contributed by atoms with Gasteiger partial charge in [-0.05, 0) is 31.0 Å². The highest BCUT2D eigenvalue weighted by Crippen LogP contribution is 2.20. The fourth-order valence-corrected chi connectivity index (χ4v) is 2.65. The number of hydrogen-bond donors (Lipinski definition) is 2. The Morgan fingerprint density at radius 1 is 1.48 bits per heavy atom. The SMILES string of the molecule is CN(CCC(=O)O)C(=O)NC1CCCN(c2cccc(F)c2)C1. The average molecular weight is 323 g/mol. The molecule has 1 aliphatic rings. The zero-order valence-corrected chi connectivity index (χ0v) is 13.2. The van der Waals surface area contributed by atoms with E-state index in [9.17, 15) is 14.0 Å². The number of anilines is 1. The molecule has 1 unspecified atom stereocenters. The van der Waals surface area contributed by atoms with Crippen molar-refractivity contribution in [1.29, 1.82) is 0 Å². The molecule has 1 saturated heterocycles. The third kappa shape index (κ3) is 5.12. The lowest BCUT2D eigenvalue weighted by Gasteiger charge is -2.35. The summed E-state index contributed by atoms with van der Waals surface area (Å²) in [6, 6.07) is 6.11. The molecule has 23 heavy (non-hydrogen) atoms. The van der Waals surface area contributed by atoms with Gasteiger partial charge in [-0.1, -0.05) is 6.07 Å². The van der Waals surface area contributed by atoms with Crippen molar-refractivity contribution in [1.82, 2.24) is 10.2 Å². The van der Waals surface area contributed by atoms with Gasteiger partial charge in [-0.2, -0.15) is 0 Å². The minimum absolute atomic E-state index is 0.0354. The Labute approximate surface area is 134 Å². The maximum absolute atomic E-state index is 13.3. The summed E-state index contributed by atoms with van der Waals surface area (Å²) in [5, 5.41) is 11.6. The van der Waals surface area contributed by atoms with Crippen LogP contribution >= 0.6 is 0 Å². The normalized spacial score (nSPS) is 17.7. The summed E-state index contributed by atoms with van der Waals surface area (Å²) in [4.78, 5) is 26.0. The largest absolute Gasteiger partial charge is 0.481 e. The van der Waals surface area contributed by atoms with Gasteiger partial charge in [0.25, 0.3) is 0 Å². The van der Waals surface area contributed by atoms with Gasteiger partial charge in [-0.25, -0.2) is 9.18 Å². The quantitative estimate of drug-likeness (QED) is 0.868. The van der Waals surface area contributed by atoms with Gasteiger partial charge in [-0.15, -0.1) is 0 Å². The Hall–Kier alpha value is -2.31. The van der Waals surface area contributed by atoms with E-state index in [2.05, 4.69) is 10.2 Å². The average Bonchev–Trinajstić information content (AvgIpc) is 2.52. The lowest BCUT2D eigenvalue weighted by molar-refractivity contribution is -0.137. The van der Waals surface area contributed by atoms with Crippen LogP contribution < -0.4 is 10.2 Å². The number of amides is 2. The number of nitrogens with zero attached hydrogens (tertiary/aromatic N) is 2. The van der Waals surface area contributed by atoms with Gasteiger partial charge in [-0.3, -0.25) is 4.79 Å². The van der Waals surface area contributed by atoms with E-state index in [1.165, 1.54) is 17.0 Å². The molecule has 2 N–H and O–H groups in total. The molecular weight excluding hydrogens is 301 g/mol. The summed E-state index contributed by atoms with van der Waals surface area (Å²) in [5.41, 5.74) is 0.809. The van der Waals surface area contributed by atoms with Crippen molar-refractivity contribution in [2.24, 2.45) is 0 Å². The highest BCUT2D eigenvalue weighted by atomic mass is 19.1. The van der Waals surface area contributed by atoms with Crippen LogP contribution in [0.25, 0.3) is 0 Å². The predicted octanol–water partition coefficient (Wildman–Crippen LogP) is 1.91. The molecule has 2 rings (SSSR count). The first-order valence-corrected chi connectivity index (χ1v) is 7.69. The maximum Gasteiger partial charge on any atom is 0.317 e. The van der Waals surface area contributed by atoms with Gasteiger partial charge in [0.15, 0.2) is 0 Å². The predicted molar refractivity (Wildman–Crippen MR) is 85.0 cm³/mol. The van der Waals surface area contributed by atoms with Crippen molar-refractivity contribution >= 4 is 17.7 Å². The van der Waals surface area contributed by atoms with E-state index in [0.717, 1.165) is 25.1 Å². The molecule has 0 spiro atoms. The second kappa shape index (κ2) is 7.80. The number of carboxylic acids is 1. The highest BCUT2D eigenvalue weighted by Gasteiger charge is 2.23. The number of carbonyl (C=O) groups excluding carboxylic acids is 1. The topological polar surface area (TPSA) is 72.9 Å². The molecule has 1 aromatic rings. The number of hydrogen-bond acceptors (Lipinski definition) is 3. The fraction of sp³-hybridized carbons (Fsp3) is 0.500. The summed E-state index contributed by atoms with van der Waals surface area (Å²) in [6.45, 7) is 1.61. The number of rotatable bonds is 5. The Bertz CT molecular complexity index is 567. The molecule has 0 aliphatic carbocycles. The second-order valence-electron chi connectivity index (χ2n) is 5.78. The summed E-state index contributed by atoms with van der Waals surface area (Å²) >= 11 is 0. The standard InChI is InChI=1S/C16H22FN3O3/c1-19(9-7-15(21)22)16(23)18-13-5-3-8-20(11-13)14-6-2-4-12(17)10-14/h2,4,6,10,13H,3,5,7-9,11H2,1H3,(H,18,23)(H,21,22). The third-order valence-corrected chi connectivity index (χ3v) is 3.93. The Kier molecular flexibility index (Phi) is 5.78. The van der Waals surface area contributed by atoms with Gasteiger partial charge in [0.2, 0.25) is 0 Å². The van der Waals surface area contributed by atoms with Crippen LogP contribution in [-0.4, -0.2) is 54.7 Å². The van der Waals surface area contributed by atoms with Crippen LogP contribution in [0.3, 0.4) is 0 Å². The van der Waals surface area contributed by atoms with Crippen LogP contribution in [-0.2, 0) is 4.79 Å². The summed E-state index contributed by atoms with van der Waals surface area (Å²) in [5.74, 6) is -1.21.